The zero-order valence-electron chi connectivity index (χ0n) is 29.9. The summed E-state index contributed by atoms with van der Waals surface area (Å²) in [4.78, 5) is 51.1. The Bertz CT molecular complexity index is 1970. The van der Waals surface area contributed by atoms with Crippen LogP contribution in [0.1, 0.15) is 83.4 Å². The average Bonchev–Trinajstić information content (AvgIpc) is 3.95. The minimum Gasteiger partial charge on any atom is -0.453 e. The first-order valence-corrected chi connectivity index (χ1v) is 18.6. The lowest BCUT2D eigenvalue weighted by Gasteiger charge is -2.30. The second-order valence-electron chi connectivity index (χ2n) is 14.1. The average molecular weight is 716 g/mol. The van der Waals surface area contributed by atoms with Crippen molar-refractivity contribution in [3.8, 4) is 21.1 Å². The molecule has 6 rings (SSSR count). The number of aromatic nitrogens is 5. The number of imidazole rings is 2. The number of benzene rings is 1. The third-order valence-corrected chi connectivity index (χ3v) is 11.1. The van der Waals surface area contributed by atoms with Crippen LogP contribution in [0.25, 0.3) is 43.1 Å². The topological polar surface area (TPSA) is 187 Å². The number of carbonyl (C=O) groups is 2. The predicted molar refractivity (Wildman–Crippen MR) is 199 cm³/mol. The Kier molecular flexibility index (Phi) is 11.3. The van der Waals surface area contributed by atoms with E-state index in [1.54, 1.807) is 11.3 Å². The monoisotopic (exact) mass is 715 g/mol. The van der Waals surface area contributed by atoms with Gasteiger partial charge < -0.3 is 35.9 Å². The summed E-state index contributed by atoms with van der Waals surface area (Å²) >= 11 is 1.63. The van der Waals surface area contributed by atoms with Gasteiger partial charge in [0.1, 0.15) is 17.7 Å². The molecule has 0 spiro atoms. The van der Waals surface area contributed by atoms with Gasteiger partial charge in [0, 0.05) is 23.9 Å². The number of ether oxygens (including phenoxy) is 1. The summed E-state index contributed by atoms with van der Waals surface area (Å²) in [6.07, 6.45) is 5.34. The van der Waals surface area contributed by atoms with Crippen molar-refractivity contribution in [2.45, 2.75) is 83.8 Å². The molecular weight excluding hydrogens is 667 g/mol. The molecule has 1 unspecified atom stereocenters. The van der Waals surface area contributed by atoms with Crippen molar-refractivity contribution < 1.29 is 19.5 Å². The number of amides is 2. The van der Waals surface area contributed by atoms with Crippen molar-refractivity contribution in [3.63, 3.8) is 0 Å². The molecule has 2 amide bonds. The lowest BCUT2D eigenvalue weighted by atomic mass is 9.89. The van der Waals surface area contributed by atoms with Crippen LogP contribution in [0.15, 0.2) is 42.6 Å². The van der Waals surface area contributed by atoms with Crippen molar-refractivity contribution in [1.82, 2.24) is 40.6 Å². The molecule has 0 saturated carbocycles. The van der Waals surface area contributed by atoms with Crippen LogP contribution < -0.4 is 16.5 Å². The van der Waals surface area contributed by atoms with Crippen LogP contribution in [-0.2, 0) is 9.53 Å². The van der Waals surface area contributed by atoms with E-state index in [-0.39, 0.29) is 35.7 Å². The number of nitrogens with zero attached hydrogens (tertiary/aromatic N) is 4. The number of carbonyl (C=O) groups excluding carboxylic acids is 2. The first-order chi connectivity index (χ1) is 24.6. The van der Waals surface area contributed by atoms with Gasteiger partial charge in [-0.1, -0.05) is 27.7 Å². The molecule has 1 aliphatic rings. The van der Waals surface area contributed by atoms with E-state index in [1.807, 2.05) is 43.1 Å². The summed E-state index contributed by atoms with van der Waals surface area (Å²) in [5, 5.41) is 13.5. The second kappa shape index (κ2) is 15.9. The summed E-state index contributed by atoms with van der Waals surface area (Å²) in [6, 6.07) is 11.4. The van der Waals surface area contributed by atoms with Crippen LogP contribution >= 0.6 is 11.3 Å². The number of alkyl carbamates (subject to hydrolysis) is 1. The lowest BCUT2D eigenvalue weighted by Crippen LogP contribution is -2.51. The fraction of sp³-hybridized carbons (Fsp3) is 0.486. The standard InChI is InChI=1S/C37H49N9O4S/c1-20(2)27(45-49)18-22(8-6-16-38)34-41-26-13-12-24-23(33(26)43-34)10-11-25(40-24)30-14-15-31(51-30)28-19-39-35(42-28)29-9-7-17-46(29)36(47)32(21(3)4)44-37(48)50-5/h10-15,19-22,27,29,32,45,49H,6-9,16-18,38H2,1-5H3,(H,39,42)(H,41,43)(H,44,48)/t22?,27-,29+,32+/m1/s1. The summed E-state index contributed by atoms with van der Waals surface area (Å²) in [5.74, 6) is 1.80. The number of rotatable bonds is 14. The molecular formula is C37H49N9O4S. The minimum absolute atomic E-state index is 0.0492. The SMILES string of the molecule is COC(=O)N[C@H](C(=O)N1CCC[C@H]1c1ncc(-c2ccc(-c3ccc4c(ccc5nc(C(CCCN)C[C@@H](NO)C(C)C)[nH]c54)n3)s2)[nH]1)C(C)C. The third kappa shape index (κ3) is 7.78. The van der Waals surface area contributed by atoms with Crippen molar-refractivity contribution in [2.24, 2.45) is 17.6 Å². The number of hydrogen-bond acceptors (Lipinski definition) is 10. The molecule has 4 aromatic heterocycles. The summed E-state index contributed by atoms with van der Waals surface area (Å²) < 4.78 is 4.76. The molecule has 5 aromatic rings. The first kappa shape index (κ1) is 36.4. The van der Waals surface area contributed by atoms with E-state index < -0.39 is 12.1 Å². The maximum Gasteiger partial charge on any atom is 0.407 e. The summed E-state index contributed by atoms with van der Waals surface area (Å²) in [6.45, 7) is 9.21. The molecule has 5 heterocycles. The van der Waals surface area contributed by atoms with Gasteiger partial charge in [-0.05, 0) is 86.9 Å². The Hall–Kier alpha value is -4.37. The number of hydrogen-bond donors (Lipinski definition) is 6. The second-order valence-corrected chi connectivity index (χ2v) is 15.2. The molecule has 7 N–H and O–H groups in total. The first-order valence-electron chi connectivity index (χ1n) is 17.8. The van der Waals surface area contributed by atoms with Gasteiger partial charge in [-0.15, -0.1) is 11.3 Å². The molecule has 272 valence electrons. The summed E-state index contributed by atoms with van der Waals surface area (Å²) in [7, 11) is 1.29. The van der Waals surface area contributed by atoms with Gasteiger partial charge in [0.05, 0.1) is 57.0 Å². The number of pyridine rings is 1. The largest absolute Gasteiger partial charge is 0.453 e. The van der Waals surface area contributed by atoms with Crippen LogP contribution in [0.3, 0.4) is 0 Å². The third-order valence-electron chi connectivity index (χ3n) is 9.96. The van der Waals surface area contributed by atoms with E-state index in [9.17, 15) is 14.8 Å². The number of nitrogens with two attached hydrogens (primary N) is 1. The van der Waals surface area contributed by atoms with E-state index in [4.69, 9.17) is 25.4 Å². The Labute approximate surface area is 301 Å². The molecule has 1 fully saturated rings. The van der Waals surface area contributed by atoms with Gasteiger partial charge in [-0.25, -0.2) is 25.2 Å². The quantitative estimate of drug-likeness (QED) is 0.0699. The molecule has 0 radical (unpaired) electrons. The molecule has 1 aliphatic heterocycles. The van der Waals surface area contributed by atoms with Crippen molar-refractivity contribution >= 4 is 45.3 Å². The maximum absolute atomic E-state index is 13.6. The van der Waals surface area contributed by atoms with E-state index in [0.717, 1.165) is 86.8 Å². The number of likely N-dealkylation sites (tertiary alicyclic amines) is 1. The van der Waals surface area contributed by atoms with Gasteiger partial charge in [-0.3, -0.25) is 4.79 Å². The van der Waals surface area contributed by atoms with Gasteiger partial charge >= 0.3 is 6.09 Å². The minimum atomic E-state index is -0.682. The van der Waals surface area contributed by atoms with Crippen molar-refractivity contribution in [2.75, 3.05) is 20.2 Å². The highest BCUT2D eigenvalue weighted by molar-refractivity contribution is 7.18. The van der Waals surface area contributed by atoms with Gasteiger partial charge in [0.2, 0.25) is 5.91 Å². The fourth-order valence-corrected chi connectivity index (χ4v) is 7.93. The van der Waals surface area contributed by atoms with Crippen molar-refractivity contribution in [3.05, 3.63) is 54.2 Å². The number of aromatic amines is 2. The number of hydroxylamine groups is 1. The van der Waals surface area contributed by atoms with E-state index >= 15 is 0 Å². The Morgan fingerprint density at radius 3 is 2.57 bits per heavy atom. The van der Waals surface area contributed by atoms with Gasteiger partial charge in [-0.2, -0.15) is 0 Å². The van der Waals surface area contributed by atoms with Crippen LogP contribution in [0, 0.1) is 11.8 Å². The molecule has 13 nitrogen and oxygen atoms in total. The molecule has 1 aromatic carbocycles. The Morgan fingerprint density at radius 1 is 1.06 bits per heavy atom. The Morgan fingerprint density at radius 2 is 1.84 bits per heavy atom. The molecule has 4 atom stereocenters. The molecule has 0 aliphatic carbocycles. The number of H-pyrrole nitrogens is 2. The number of nitrogens with one attached hydrogen (secondary N) is 4. The van der Waals surface area contributed by atoms with E-state index in [1.165, 1.54) is 7.11 Å². The summed E-state index contributed by atoms with van der Waals surface area (Å²) in [5.41, 5.74) is 12.8. The zero-order chi connectivity index (χ0) is 36.2. The number of thiophene rings is 1. The number of methoxy groups -OCH3 is 1. The van der Waals surface area contributed by atoms with Crippen LogP contribution in [0.2, 0.25) is 0 Å². The van der Waals surface area contributed by atoms with Gasteiger partial charge in [0.25, 0.3) is 0 Å². The normalized spacial score (nSPS) is 16.7. The maximum atomic E-state index is 13.6. The fourth-order valence-electron chi connectivity index (χ4n) is 6.99. The van der Waals surface area contributed by atoms with Crippen LogP contribution in [-0.4, -0.2) is 79.3 Å². The predicted octanol–water partition coefficient (Wildman–Crippen LogP) is 6.49. The molecule has 1 saturated heterocycles. The van der Waals surface area contributed by atoms with E-state index in [0.29, 0.717) is 13.1 Å². The van der Waals surface area contributed by atoms with Crippen LogP contribution in [0.4, 0.5) is 4.79 Å². The lowest BCUT2D eigenvalue weighted by molar-refractivity contribution is -0.135. The highest BCUT2D eigenvalue weighted by Gasteiger charge is 2.37. The molecule has 0 bridgehead atoms. The zero-order valence-corrected chi connectivity index (χ0v) is 30.7. The molecule has 51 heavy (non-hydrogen) atoms. The van der Waals surface area contributed by atoms with Crippen LogP contribution in [0.5, 0.6) is 0 Å². The Balaban J connectivity index is 1.21. The highest BCUT2D eigenvalue weighted by atomic mass is 32.1. The van der Waals surface area contributed by atoms with E-state index in [2.05, 4.69) is 52.8 Å². The smallest absolute Gasteiger partial charge is 0.407 e. The number of fused-ring (bicyclic) bond motifs is 3. The molecule has 14 heteroatoms. The van der Waals surface area contributed by atoms with Gasteiger partial charge in [0.15, 0.2) is 0 Å². The van der Waals surface area contributed by atoms with Crippen molar-refractivity contribution in [1.29, 1.82) is 0 Å². The highest BCUT2D eigenvalue weighted by Crippen LogP contribution is 2.37.